The second kappa shape index (κ2) is 7.85. The van der Waals surface area contributed by atoms with Crippen LogP contribution in [0, 0.1) is 29.5 Å². The first-order chi connectivity index (χ1) is 14.6. The summed E-state index contributed by atoms with van der Waals surface area (Å²) in [5.74, 6) is -1.19. The van der Waals surface area contributed by atoms with Crippen LogP contribution in [0.1, 0.15) is 57.3 Å². The van der Waals surface area contributed by atoms with E-state index in [0.29, 0.717) is 12.3 Å². The topological polar surface area (TPSA) is 82.1 Å². The maximum atomic E-state index is 13.3. The Balaban J connectivity index is 1.72. The summed E-state index contributed by atoms with van der Waals surface area (Å²) >= 11 is 0. The van der Waals surface area contributed by atoms with E-state index in [4.69, 9.17) is 14.2 Å². The van der Waals surface area contributed by atoms with E-state index in [-0.39, 0.29) is 23.3 Å². The van der Waals surface area contributed by atoms with Gasteiger partial charge in [-0.25, -0.2) is 14.0 Å². The lowest BCUT2D eigenvalue weighted by molar-refractivity contribution is -0.259. The molecule has 1 unspecified atom stereocenters. The minimum atomic E-state index is -0.815. The summed E-state index contributed by atoms with van der Waals surface area (Å²) in [6, 6.07) is 5.32. The van der Waals surface area contributed by atoms with Crippen molar-refractivity contribution in [1.29, 1.82) is 0 Å². The molecule has 4 rings (SSSR count). The molecule has 2 bridgehead atoms. The highest BCUT2D eigenvalue weighted by atomic mass is 19.1. The molecule has 7 atom stereocenters. The van der Waals surface area contributed by atoms with E-state index in [1.807, 2.05) is 20.8 Å². The van der Waals surface area contributed by atoms with Gasteiger partial charge in [-0.15, -0.1) is 0 Å². The van der Waals surface area contributed by atoms with E-state index in [9.17, 15) is 19.1 Å². The molecule has 0 aromatic heterocycles. The highest BCUT2D eigenvalue weighted by Crippen LogP contribution is 2.63. The summed E-state index contributed by atoms with van der Waals surface area (Å²) in [5, 5.41) is 9.23. The van der Waals surface area contributed by atoms with Crippen molar-refractivity contribution in [2.75, 3.05) is 6.61 Å². The lowest BCUT2D eigenvalue weighted by Gasteiger charge is -2.53. The standard InChI is InChI=1S/C24H31FO6/c1-13(2)24-11-18(29-19(27)12-26)23(4,31-24)17-10-5-14(3)20(17)21(24)30-22(28)15-6-8-16(25)9-7-15/h6-9,13-14,17-18,20-21,26H,5,10-12H2,1-4H3/t14-,17-,18-,20-,21+,23+,24?/m1/s1. The second-order valence-corrected chi connectivity index (χ2v) is 9.81. The number of hydrogen-bond acceptors (Lipinski definition) is 6. The first kappa shape index (κ1) is 22.2. The third-order valence-electron chi connectivity index (χ3n) is 7.87. The number of carbonyl (C=O) groups is 2. The number of fused-ring (bicyclic) bond motifs is 4. The van der Waals surface area contributed by atoms with Gasteiger partial charge in [0.1, 0.15) is 35.8 Å². The number of hydrogen-bond donors (Lipinski definition) is 1. The van der Waals surface area contributed by atoms with Crippen molar-refractivity contribution in [2.45, 2.75) is 70.4 Å². The summed E-state index contributed by atoms with van der Waals surface area (Å²) in [7, 11) is 0. The Morgan fingerprint density at radius 2 is 1.90 bits per heavy atom. The lowest BCUT2D eigenvalue weighted by Crippen LogP contribution is -2.62. The Labute approximate surface area is 182 Å². The molecule has 1 N–H and O–H groups in total. The largest absolute Gasteiger partial charge is 0.457 e. The summed E-state index contributed by atoms with van der Waals surface area (Å²) in [6.07, 6.45) is 1.20. The molecule has 31 heavy (non-hydrogen) atoms. The number of esters is 2. The first-order valence-corrected chi connectivity index (χ1v) is 11.1. The summed E-state index contributed by atoms with van der Waals surface area (Å²) in [5.41, 5.74) is -1.23. The van der Waals surface area contributed by atoms with Crippen molar-refractivity contribution in [1.82, 2.24) is 0 Å². The van der Waals surface area contributed by atoms with Crippen molar-refractivity contribution in [3.8, 4) is 0 Å². The van der Waals surface area contributed by atoms with Crippen molar-refractivity contribution >= 4 is 11.9 Å². The molecule has 170 valence electrons. The lowest BCUT2D eigenvalue weighted by atomic mass is 9.69. The van der Waals surface area contributed by atoms with Crippen LogP contribution in [0.4, 0.5) is 4.39 Å². The fourth-order valence-corrected chi connectivity index (χ4v) is 6.21. The third-order valence-corrected chi connectivity index (χ3v) is 7.87. The molecule has 2 saturated heterocycles. The van der Waals surface area contributed by atoms with E-state index >= 15 is 0 Å². The highest BCUT2D eigenvalue weighted by molar-refractivity contribution is 5.89. The fourth-order valence-electron chi connectivity index (χ4n) is 6.21. The molecule has 0 radical (unpaired) electrons. The van der Waals surface area contributed by atoms with Crippen molar-refractivity contribution in [3.05, 3.63) is 35.6 Å². The summed E-state index contributed by atoms with van der Waals surface area (Å²) in [4.78, 5) is 25.0. The van der Waals surface area contributed by atoms with Gasteiger partial charge in [0, 0.05) is 12.3 Å². The molecule has 1 aromatic rings. The molecule has 0 amide bonds. The van der Waals surface area contributed by atoms with Crippen molar-refractivity contribution < 1.29 is 33.3 Å². The number of ether oxygens (including phenoxy) is 3. The maximum Gasteiger partial charge on any atom is 0.338 e. The van der Waals surface area contributed by atoms with Crippen LogP contribution < -0.4 is 0 Å². The van der Waals surface area contributed by atoms with Crippen molar-refractivity contribution in [2.24, 2.45) is 23.7 Å². The molecular weight excluding hydrogens is 403 g/mol. The zero-order valence-electron chi connectivity index (χ0n) is 18.5. The smallest absolute Gasteiger partial charge is 0.338 e. The van der Waals surface area contributed by atoms with Crippen LogP contribution in [0.2, 0.25) is 0 Å². The summed E-state index contributed by atoms with van der Waals surface area (Å²) < 4.78 is 31.8. The minimum Gasteiger partial charge on any atom is -0.457 e. The SMILES string of the molecule is CC(C)C12C[C@@H](OC(=O)CO)[C@@](C)(O1)[C@@H]1CC[C@@H](C)[C@H]1[C@@H]2OC(=O)c1ccc(F)cc1. The van der Waals surface area contributed by atoms with E-state index in [0.717, 1.165) is 12.8 Å². The van der Waals surface area contributed by atoms with Crippen molar-refractivity contribution in [3.63, 3.8) is 0 Å². The van der Waals surface area contributed by atoms with Crippen LogP contribution in [-0.2, 0) is 19.0 Å². The van der Waals surface area contributed by atoms with Crippen LogP contribution in [0.25, 0.3) is 0 Å². The maximum absolute atomic E-state index is 13.3. The molecule has 3 aliphatic rings. The Hall–Kier alpha value is -1.99. The van der Waals surface area contributed by atoms with Gasteiger partial charge in [0.05, 0.1) is 5.56 Å². The van der Waals surface area contributed by atoms with E-state index in [2.05, 4.69) is 6.92 Å². The van der Waals surface area contributed by atoms with Gasteiger partial charge in [-0.1, -0.05) is 20.8 Å². The van der Waals surface area contributed by atoms with Gasteiger partial charge in [0.15, 0.2) is 0 Å². The Morgan fingerprint density at radius 1 is 1.23 bits per heavy atom. The first-order valence-electron chi connectivity index (χ1n) is 11.1. The fraction of sp³-hybridized carbons (Fsp3) is 0.667. The summed E-state index contributed by atoms with van der Waals surface area (Å²) in [6.45, 7) is 7.51. The molecule has 1 aliphatic carbocycles. The average molecular weight is 435 g/mol. The molecule has 2 aliphatic heterocycles. The van der Waals surface area contributed by atoms with Crippen LogP contribution in [0.3, 0.4) is 0 Å². The number of aliphatic hydroxyl groups is 1. The Bertz CT molecular complexity index is 854. The molecule has 7 heteroatoms. The highest BCUT2D eigenvalue weighted by Gasteiger charge is 2.72. The number of carbonyl (C=O) groups excluding carboxylic acids is 2. The third kappa shape index (κ3) is 3.46. The second-order valence-electron chi connectivity index (χ2n) is 9.81. The molecule has 0 spiro atoms. The minimum absolute atomic E-state index is 0.00980. The number of halogens is 1. The Kier molecular flexibility index (Phi) is 5.63. The number of rotatable bonds is 5. The van der Waals surface area contributed by atoms with Gasteiger partial charge in [-0.2, -0.15) is 0 Å². The van der Waals surface area contributed by atoms with Gasteiger partial charge in [-0.05, 0) is 61.8 Å². The quantitative estimate of drug-likeness (QED) is 0.715. The van der Waals surface area contributed by atoms with Crippen LogP contribution in [0.5, 0.6) is 0 Å². The molecule has 2 heterocycles. The monoisotopic (exact) mass is 434 g/mol. The van der Waals surface area contributed by atoms with Gasteiger partial charge >= 0.3 is 11.9 Å². The van der Waals surface area contributed by atoms with E-state index < -0.39 is 47.8 Å². The molecule has 1 saturated carbocycles. The van der Waals surface area contributed by atoms with Gasteiger partial charge in [0.25, 0.3) is 0 Å². The van der Waals surface area contributed by atoms with E-state index in [1.54, 1.807) is 0 Å². The molecule has 6 nitrogen and oxygen atoms in total. The average Bonchev–Trinajstić information content (AvgIpc) is 3.24. The van der Waals surface area contributed by atoms with Crippen LogP contribution in [-0.4, -0.2) is 47.1 Å². The van der Waals surface area contributed by atoms with Crippen LogP contribution in [0.15, 0.2) is 24.3 Å². The zero-order chi connectivity index (χ0) is 22.6. The number of aliphatic hydroxyl groups excluding tert-OH is 1. The van der Waals surface area contributed by atoms with E-state index in [1.165, 1.54) is 24.3 Å². The van der Waals surface area contributed by atoms with Gasteiger partial charge < -0.3 is 19.3 Å². The predicted octanol–water partition coefficient (Wildman–Crippen LogP) is 3.50. The van der Waals surface area contributed by atoms with Gasteiger partial charge in [0.2, 0.25) is 0 Å². The molecule has 1 aromatic carbocycles. The van der Waals surface area contributed by atoms with Gasteiger partial charge in [-0.3, -0.25) is 0 Å². The zero-order valence-corrected chi connectivity index (χ0v) is 18.5. The molecular formula is C24H31FO6. The molecule has 3 fully saturated rings. The predicted molar refractivity (Wildman–Crippen MR) is 110 cm³/mol. The normalized spacial score (nSPS) is 38.7. The number of benzene rings is 1. The Morgan fingerprint density at radius 3 is 2.52 bits per heavy atom. The van der Waals surface area contributed by atoms with Crippen LogP contribution >= 0.6 is 0 Å².